The SMILES string of the molecule is CCC(C#N)S(=O)(=O)N1CC(C)OC(C)C1. The predicted molar refractivity (Wildman–Crippen MR) is 60.2 cm³/mol. The molecule has 0 amide bonds. The van der Waals surface area contributed by atoms with E-state index in [0.717, 1.165) is 0 Å². The van der Waals surface area contributed by atoms with E-state index in [1.54, 1.807) is 6.92 Å². The highest BCUT2D eigenvalue weighted by Crippen LogP contribution is 2.18. The normalized spacial score (nSPS) is 29.6. The Labute approximate surface area is 97.0 Å². The molecule has 1 saturated heterocycles. The van der Waals surface area contributed by atoms with Gasteiger partial charge in [0.05, 0.1) is 18.3 Å². The monoisotopic (exact) mass is 246 g/mol. The molecule has 1 aliphatic heterocycles. The summed E-state index contributed by atoms with van der Waals surface area (Å²) in [6, 6.07) is 1.85. The molecule has 3 unspecified atom stereocenters. The van der Waals surface area contributed by atoms with E-state index in [2.05, 4.69) is 0 Å². The lowest BCUT2D eigenvalue weighted by Gasteiger charge is -2.35. The molecule has 5 nitrogen and oxygen atoms in total. The average molecular weight is 246 g/mol. The Balaban J connectivity index is 2.87. The summed E-state index contributed by atoms with van der Waals surface area (Å²) in [5, 5.41) is 7.90. The van der Waals surface area contributed by atoms with E-state index in [1.807, 2.05) is 19.9 Å². The maximum Gasteiger partial charge on any atom is 0.230 e. The molecule has 16 heavy (non-hydrogen) atoms. The molecule has 1 heterocycles. The molecule has 0 bridgehead atoms. The molecule has 3 atom stereocenters. The van der Waals surface area contributed by atoms with Crippen LogP contribution in [0.15, 0.2) is 0 Å². The number of hydrogen-bond donors (Lipinski definition) is 0. The van der Waals surface area contributed by atoms with Crippen molar-refractivity contribution in [3.8, 4) is 6.07 Å². The third kappa shape index (κ3) is 2.73. The molecular weight excluding hydrogens is 228 g/mol. The minimum Gasteiger partial charge on any atom is -0.373 e. The van der Waals surface area contributed by atoms with Gasteiger partial charge in [0.1, 0.15) is 0 Å². The minimum absolute atomic E-state index is 0.116. The highest BCUT2D eigenvalue weighted by Gasteiger charge is 2.35. The molecule has 0 spiro atoms. The number of morpholine rings is 1. The predicted octanol–water partition coefficient (Wildman–Crippen LogP) is 0.728. The van der Waals surface area contributed by atoms with Crippen molar-refractivity contribution >= 4 is 10.0 Å². The molecule has 0 saturated carbocycles. The zero-order chi connectivity index (χ0) is 12.3. The first-order valence-corrected chi connectivity index (χ1v) is 6.96. The molecule has 0 aromatic rings. The highest BCUT2D eigenvalue weighted by molar-refractivity contribution is 7.90. The van der Waals surface area contributed by atoms with Crippen molar-refractivity contribution in [3.05, 3.63) is 0 Å². The third-order valence-electron chi connectivity index (χ3n) is 2.62. The fourth-order valence-electron chi connectivity index (χ4n) is 1.89. The van der Waals surface area contributed by atoms with Gasteiger partial charge in [-0.05, 0) is 20.3 Å². The van der Waals surface area contributed by atoms with Crippen molar-refractivity contribution in [2.45, 2.75) is 44.6 Å². The lowest BCUT2D eigenvalue weighted by atomic mass is 10.3. The van der Waals surface area contributed by atoms with Crippen molar-refractivity contribution < 1.29 is 13.2 Å². The fourth-order valence-corrected chi connectivity index (χ4v) is 3.64. The summed E-state index contributed by atoms with van der Waals surface area (Å²) in [5.74, 6) is 0. The Morgan fingerprint density at radius 1 is 1.44 bits per heavy atom. The van der Waals surface area contributed by atoms with E-state index >= 15 is 0 Å². The van der Waals surface area contributed by atoms with Crippen molar-refractivity contribution in [2.24, 2.45) is 0 Å². The number of hydrogen-bond acceptors (Lipinski definition) is 4. The molecule has 6 heteroatoms. The summed E-state index contributed by atoms with van der Waals surface area (Å²) >= 11 is 0. The van der Waals surface area contributed by atoms with Gasteiger partial charge in [-0.2, -0.15) is 9.57 Å². The Morgan fingerprint density at radius 2 is 1.94 bits per heavy atom. The highest BCUT2D eigenvalue weighted by atomic mass is 32.2. The third-order valence-corrected chi connectivity index (χ3v) is 4.80. The van der Waals surface area contributed by atoms with Crippen molar-refractivity contribution in [3.63, 3.8) is 0 Å². The van der Waals surface area contributed by atoms with Crippen LogP contribution in [0, 0.1) is 11.3 Å². The molecule has 0 aromatic heterocycles. The van der Waals surface area contributed by atoms with Gasteiger partial charge in [-0.15, -0.1) is 0 Å². The molecule has 0 aliphatic carbocycles. The van der Waals surface area contributed by atoms with Crippen LogP contribution in [0.5, 0.6) is 0 Å². The summed E-state index contributed by atoms with van der Waals surface area (Å²) in [6.45, 7) is 6.06. The van der Waals surface area contributed by atoms with Crippen LogP contribution in [0.2, 0.25) is 0 Å². The molecule has 92 valence electrons. The van der Waals surface area contributed by atoms with Crippen molar-refractivity contribution in [1.82, 2.24) is 4.31 Å². The first-order valence-electron chi connectivity index (χ1n) is 5.45. The van der Waals surface area contributed by atoms with Crippen LogP contribution in [0.3, 0.4) is 0 Å². The van der Waals surface area contributed by atoms with E-state index in [4.69, 9.17) is 10.00 Å². The standard InChI is InChI=1S/C10H18N2O3S/c1-4-10(5-11)16(13,14)12-6-8(2)15-9(3)7-12/h8-10H,4,6-7H2,1-3H3. The summed E-state index contributed by atoms with van der Waals surface area (Å²) in [4.78, 5) is 0. The first-order chi connectivity index (χ1) is 7.41. The Kier molecular flexibility index (Phi) is 4.30. The lowest BCUT2D eigenvalue weighted by molar-refractivity contribution is -0.0442. The van der Waals surface area contributed by atoms with Gasteiger partial charge in [0.25, 0.3) is 0 Å². The van der Waals surface area contributed by atoms with Crippen LogP contribution in [0.4, 0.5) is 0 Å². The Hall–Kier alpha value is -0.640. The number of nitrogens with zero attached hydrogens (tertiary/aromatic N) is 2. The summed E-state index contributed by atoms with van der Waals surface area (Å²) in [5.41, 5.74) is 0. The van der Waals surface area contributed by atoms with Gasteiger partial charge < -0.3 is 4.74 Å². The van der Waals surface area contributed by atoms with Gasteiger partial charge in [-0.3, -0.25) is 0 Å². The number of rotatable bonds is 3. The van der Waals surface area contributed by atoms with E-state index in [0.29, 0.717) is 19.5 Å². The maximum atomic E-state index is 12.1. The van der Waals surface area contributed by atoms with Crippen LogP contribution >= 0.6 is 0 Å². The van der Waals surface area contributed by atoms with Crippen molar-refractivity contribution in [2.75, 3.05) is 13.1 Å². The van der Waals surface area contributed by atoms with E-state index in [9.17, 15) is 8.42 Å². The topological polar surface area (TPSA) is 70.4 Å². The van der Waals surface area contributed by atoms with Gasteiger partial charge in [-0.1, -0.05) is 6.92 Å². The van der Waals surface area contributed by atoms with Crippen LogP contribution in [-0.2, 0) is 14.8 Å². The van der Waals surface area contributed by atoms with E-state index in [-0.39, 0.29) is 12.2 Å². The van der Waals surface area contributed by atoms with Crippen LogP contribution in [-0.4, -0.2) is 43.3 Å². The van der Waals surface area contributed by atoms with Crippen LogP contribution < -0.4 is 0 Å². The summed E-state index contributed by atoms with van der Waals surface area (Å²) in [6.07, 6.45) is 0.0864. The Morgan fingerprint density at radius 3 is 2.31 bits per heavy atom. The molecular formula is C10H18N2O3S. The van der Waals surface area contributed by atoms with Gasteiger partial charge in [-0.25, -0.2) is 8.42 Å². The Bertz CT molecular complexity index is 364. The zero-order valence-corrected chi connectivity index (χ0v) is 10.7. The smallest absolute Gasteiger partial charge is 0.230 e. The number of ether oxygens (including phenoxy) is 1. The number of nitriles is 1. The fraction of sp³-hybridized carbons (Fsp3) is 0.900. The van der Waals surface area contributed by atoms with Gasteiger partial charge in [0.2, 0.25) is 10.0 Å². The quantitative estimate of drug-likeness (QED) is 0.736. The van der Waals surface area contributed by atoms with E-state index in [1.165, 1.54) is 4.31 Å². The molecule has 1 fully saturated rings. The molecule has 1 rings (SSSR count). The second-order valence-corrected chi connectivity index (χ2v) is 6.26. The molecule has 0 aromatic carbocycles. The van der Waals surface area contributed by atoms with E-state index < -0.39 is 15.3 Å². The second kappa shape index (κ2) is 5.13. The van der Waals surface area contributed by atoms with Gasteiger partial charge in [0.15, 0.2) is 5.25 Å². The van der Waals surface area contributed by atoms with Crippen LogP contribution in [0.1, 0.15) is 27.2 Å². The first kappa shape index (κ1) is 13.4. The van der Waals surface area contributed by atoms with Crippen molar-refractivity contribution in [1.29, 1.82) is 5.26 Å². The minimum atomic E-state index is -3.50. The summed E-state index contributed by atoms with van der Waals surface area (Å²) < 4.78 is 31.0. The van der Waals surface area contributed by atoms with Gasteiger partial charge in [0, 0.05) is 13.1 Å². The summed E-state index contributed by atoms with van der Waals surface area (Å²) in [7, 11) is -3.50. The number of sulfonamides is 1. The molecule has 0 N–H and O–H groups in total. The van der Waals surface area contributed by atoms with Gasteiger partial charge >= 0.3 is 0 Å². The molecule has 0 radical (unpaired) electrons. The zero-order valence-electron chi connectivity index (χ0n) is 9.88. The maximum absolute atomic E-state index is 12.1. The molecule has 1 aliphatic rings. The second-order valence-electron chi connectivity index (χ2n) is 4.15. The largest absolute Gasteiger partial charge is 0.373 e. The lowest BCUT2D eigenvalue weighted by Crippen LogP contribution is -2.50. The van der Waals surface area contributed by atoms with Crippen LogP contribution in [0.25, 0.3) is 0 Å². The average Bonchev–Trinajstić information content (AvgIpc) is 2.17.